The van der Waals surface area contributed by atoms with Gasteiger partial charge in [-0.15, -0.1) is 0 Å². The van der Waals surface area contributed by atoms with Gasteiger partial charge in [-0.3, -0.25) is 4.79 Å². The Labute approximate surface area is 113 Å². The summed E-state index contributed by atoms with van der Waals surface area (Å²) in [5.74, 6) is 0.141. The fourth-order valence-electron chi connectivity index (χ4n) is 1.81. The normalized spacial score (nSPS) is 12.6. The van der Waals surface area contributed by atoms with Crippen LogP contribution in [-0.2, 0) is 0 Å². The molecule has 0 radical (unpaired) electrons. The average Bonchev–Trinajstić information content (AvgIpc) is 2.31. The minimum absolute atomic E-state index is 0.0270. The van der Waals surface area contributed by atoms with Gasteiger partial charge in [0.15, 0.2) is 0 Å². The standard InChI is InChI=1S/C14H20ClNO2/c1-9(2)13(7-8-17)16-14(18)11-5-4-6-12(15)10(11)3/h4-6,9,13,17H,7-8H2,1-3H3,(H,16,18). The summed E-state index contributed by atoms with van der Waals surface area (Å²) < 4.78 is 0. The number of nitrogens with one attached hydrogen (secondary N) is 1. The lowest BCUT2D eigenvalue weighted by molar-refractivity contribution is 0.0916. The predicted molar refractivity (Wildman–Crippen MR) is 74.0 cm³/mol. The summed E-state index contributed by atoms with van der Waals surface area (Å²) in [5, 5.41) is 12.5. The topological polar surface area (TPSA) is 49.3 Å². The Morgan fingerprint density at radius 1 is 1.44 bits per heavy atom. The summed E-state index contributed by atoms with van der Waals surface area (Å²) in [7, 11) is 0. The molecule has 4 heteroatoms. The maximum absolute atomic E-state index is 12.2. The minimum Gasteiger partial charge on any atom is -0.396 e. The number of halogens is 1. The first-order valence-corrected chi connectivity index (χ1v) is 6.52. The second-order valence-corrected chi connectivity index (χ2v) is 5.16. The van der Waals surface area contributed by atoms with Crippen molar-refractivity contribution in [1.29, 1.82) is 0 Å². The van der Waals surface area contributed by atoms with E-state index < -0.39 is 0 Å². The summed E-state index contributed by atoms with van der Waals surface area (Å²) in [6, 6.07) is 5.26. The van der Waals surface area contributed by atoms with Gasteiger partial charge in [-0.1, -0.05) is 31.5 Å². The minimum atomic E-state index is -0.137. The number of amides is 1. The molecule has 100 valence electrons. The van der Waals surface area contributed by atoms with Crippen LogP contribution >= 0.6 is 11.6 Å². The van der Waals surface area contributed by atoms with E-state index in [1.54, 1.807) is 18.2 Å². The van der Waals surface area contributed by atoms with E-state index in [9.17, 15) is 4.79 Å². The molecule has 1 aromatic carbocycles. The van der Waals surface area contributed by atoms with Crippen LogP contribution in [0.2, 0.25) is 5.02 Å². The molecule has 0 fully saturated rings. The van der Waals surface area contributed by atoms with Gasteiger partial charge in [0.1, 0.15) is 0 Å². The molecule has 0 aromatic heterocycles. The second-order valence-electron chi connectivity index (χ2n) is 4.75. The Morgan fingerprint density at radius 2 is 2.11 bits per heavy atom. The Morgan fingerprint density at radius 3 is 2.67 bits per heavy atom. The van der Waals surface area contributed by atoms with Crippen LogP contribution in [0.3, 0.4) is 0 Å². The average molecular weight is 270 g/mol. The van der Waals surface area contributed by atoms with Crippen molar-refractivity contribution >= 4 is 17.5 Å². The quantitative estimate of drug-likeness (QED) is 0.864. The van der Waals surface area contributed by atoms with Crippen molar-refractivity contribution in [2.24, 2.45) is 5.92 Å². The molecule has 0 aliphatic heterocycles. The highest BCUT2D eigenvalue weighted by molar-refractivity contribution is 6.31. The molecule has 0 saturated heterocycles. The molecule has 0 aliphatic rings. The van der Waals surface area contributed by atoms with Crippen LogP contribution in [0.25, 0.3) is 0 Å². The summed E-state index contributed by atoms with van der Waals surface area (Å²) in [6.45, 7) is 5.93. The molecule has 0 heterocycles. The number of carbonyl (C=O) groups excluding carboxylic acids is 1. The molecular weight excluding hydrogens is 250 g/mol. The number of hydrogen-bond acceptors (Lipinski definition) is 2. The maximum Gasteiger partial charge on any atom is 0.251 e. The summed E-state index contributed by atoms with van der Waals surface area (Å²) in [6.07, 6.45) is 0.559. The number of aliphatic hydroxyl groups is 1. The smallest absolute Gasteiger partial charge is 0.251 e. The van der Waals surface area contributed by atoms with Crippen molar-refractivity contribution in [2.75, 3.05) is 6.61 Å². The monoisotopic (exact) mass is 269 g/mol. The van der Waals surface area contributed by atoms with E-state index in [-0.39, 0.29) is 24.5 Å². The van der Waals surface area contributed by atoms with Gasteiger partial charge in [0, 0.05) is 23.2 Å². The fraction of sp³-hybridized carbons (Fsp3) is 0.500. The van der Waals surface area contributed by atoms with Crippen LogP contribution in [0.5, 0.6) is 0 Å². The Bertz CT molecular complexity index is 418. The first-order chi connectivity index (χ1) is 8.47. The van der Waals surface area contributed by atoms with Gasteiger partial charge in [0.25, 0.3) is 5.91 Å². The van der Waals surface area contributed by atoms with E-state index in [1.165, 1.54) is 0 Å². The van der Waals surface area contributed by atoms with Crippen molar-refractivity contribution in [3.8, 4) is 0 Å². The predicted octanol–water partition coefficient (Wildman–Crippen LogP) is 2.79. The first kappa shape index (κ1) is 15.0. The lowest BCUT2D eigenvalue weighted by Crippen LogP contribution is -2.39. The molecule has 0 spiro atoms. The largest absolute Gasteiger partial charge is 0.396 e. The number of benzene rings is 1. The SMILES string of the molecule is Cc1c(Cl)cccc1C(=O)NC(CCO)C(C)C. The third-order valence-electron chi connectivity index (χ3n) is 3.07. The van der Waals surface area contributed by atoms with Gasteiger partial charge >= 0.3 is 0 Å². The van der Waals surface area contributed by atoms with Gasteiger partial charge in [-0.2, -0.15) is 0 Å². The summed E-state index contributed by atoms with van der Waals surface area (Å²) >= 11 is 6.00. The van der Waals surface area contributed by atoms with Crippen LogP contribution in [0, 0.1) is 12.8 Å². The zero-order valence-electron chi connectivity index (χ0n) is 11.0. The molecule has 0 aliphatic carbocycles. The van der Waals surface area contributed by atoms with Crippen LogP contribution in [-0.4, -0.2) is 23.7 Å². The van der Waals surface area contributed by atoms with Crippen LogP contribution in [0.1, 0.15) is 36.2 Å². The number of rotatable bonds is 5. The second kappa shape index (κ2) is 6.76. The third kappa shape index (κ3) is 3.72. The zero-order chi connectivity index (χ0) is 13.7. The van der Waals surface area contributed by atoms with E-state index >= 15 is 0 Å². The zero-order valence-corrected chi connectivity index (χ0v) is 11.8. The first-order valence-electron chi connectivity index (χ1n) is 6.14. The number of carbonyl (C=O) groups is 1. The molecule has 3 nitrogen and oxygen atoms in total. The maximum atomic E-state index is 12.2. The van der Waals surface area contributed by atoms with Crippen molar-refractivity contribution in [3.63, 3.8) is 0 Å². The number of hydrogen-bond donors (Lipinski definition) is 2. The molecule has 0 saturated carbocycles. The van der Waals surface area contributed by atoms with Crippen LogP contribution < -0.4 is 5.32 Å². The molecule has 1 rings (SSSR count). The Kier molecular flexibility index (Phi) is 5.63. The third-order valence-corrected chi connectivity index (χ3v) is 3.48. The lowest BCUT2D eigenvalue weighted by Gasteiger charge is -2.22. The molecule has 1 atom stereocenters. The van der Waals surface area contributed by atoms with Gasteiger partial charge in [-0.25, -0.2) is 0 Å². The molecular formula is C14H20ClNO2. The van der Waals surface area contributed by atoms with Crippen molar-refractivity contribution in [1.82, 2.24) is 5.32 Å². The van der Waals surface area contributed by atoms with E-state index in [4.69, 9.17) is 16.7 Å². The van der Waals surface area contributed by atoms with E-state index in [1.807, 2.05) is 20.8 Å². The van der Waals surface area contributed by atoms with Gasteiger partial charge in [-0.05, 0) is 37.0 Å². The highest BCUT2D eigenvalue weighted by atomic mass is 35.5. The van der Waals surface area contributed by atoms with E-state index in [0.29, 0.717) is 17.0 Å². The van der Waals surface area contributed by atoms with Crippen LogP contribution in [0.4, 0.5) is 0 Å². The lowest BCUT2D eigenvalue weighted by atomic mass is 10.00. The Hall–Kier alpha value is -1.06. The molecule has 1 unspecified atom stereocenters. The Balaban J connectivity index is 2.84. The van der Waals surface area contributed by atoms with Crippen molar-refractivity contribution in [3.05, 3.63) is 34.3 Å². The summed E-state index contributed by atoms with van der Waals surface area (Å²) in [5.41, 5.74) is 1.37. The highest BCUT2D eigenvalue weighted by Crippen LogP contribution is 2.19. The van der Waals surface area contributed by atoms with E-state index in [2.05, 4.69) is 5.32 Å². The van der Waals surface area contributed by atoms with Gasteiger partial charge in [0.2, 0.25) is 0 Å². The van der Waals surface area contributed by atoms with E-state index in [0.717, 1.165) is 5.56 Å². The molecule has 2 N–H and O–H groups in total. The highest BCUT2D eigenvalue weighted by Gasteiger charge is 2.18. The molecule has 0 bridgehead atoms. The van der Waals surface area contributed by atoms with Gasteiger partial charge in [0.05, 0.1) is 0 Å². The van der Waals surface area contributed by atoms with Gasteiger partial charge < -0.3 is 10.4 Å². The molecule has 1 aromatic rings. The van der Waals surface area contributed by atoms with Crippen molar-refractivity contribution in [2.45, 2.75) is 33.2 Å². The van der Waals surface area contributed by atoms with Crippen LogP contribution in [0.15, 0.2) is 18.2 Å². The summed E-state index contributed by atoms with van der Waals surface area (Å²) in [4.78, 5) is 12.2. The molecule has 1 amide bonds. The molecule has 18 heavy (non-hydrogen) atoms. The van der Waals surface area contributed by atoms with Crippen molar-refractivity contribution < 1.29 is 9.90 Å². The fourth-order valence-corrected chi connectivity index (χ4v) is 1.99. The number of aliphatic hydroxyl groups excluding tert-OH is 1.